The Morgan fingerprint density at radius 1 is 1.07 bits per heavy atom. The van der Waals surface area contributed by atoms with Crippen molar-refractivity contribution < 1.29 is 39.4 Å². The SMILES string of the molecule is C=C1C(O[C@@H]2O[C@H](CO)[C@@H](O)[C@H](O)[C@H]2O)C[C@H]2C(=C)C(=O)OC2C2C(=C)CCC12. The molecule has 2 aliphatic heterocycles. The van der Waals surface area contributed by atoms with Crippen molar-refractivity contribution in [2.24, 2.45) is 17.8 Å². The van der Waals surface area contributed by atoms with E-state index in [0.29, 0.717) is 12.0 Å². The third-order valence-electron chi connectivity index (χ3n) is 6.89. The van der Waals surface area contributed by atoms with Crippen LogP contribution in [-0.4, -0.2) is 75.9 Å². The van der Waals surface area contributed by atoms with E-state index in [4.69, 9.17) is 14.2 Å². The predicted molar refractivity (Wildman–Crippen MR) is 100 cm³/mol. The van der Waals surface area contributed by atoms with Gasteiger partial charge in [0, 0.05) is 17.4 Å². The average Bonchev–Trinajstić information content (AvgIpc) is 3.17. The van der Waals surface area contributed by atoms with Gasteiger partial charge in [0.1, 0.15) is 30.5 Å². The smallest absolute Gasteiger partial charge is 0.334 e. The van der Waals surface area contributed by atoms with Gasteiger partial charge in [-0.2, -0.15) is 0 Å². The highest BCUT2D eigenvalue weighted by Crippen LogP contribution is 2.52. The van der Waals surface area contributed by atoms with Gasteiger partial charge in [0.25, 0.3) is 0 Å². The van der Waals surface area contributed by atoms with Gasteiger partial charge in [0.15, 0.2) is 6.29 Å². The van der Waals surface area contributed by atoms with Crippen molar-refractivity contribution in [3.05, 3.63) is 36.5 Å². The molecule has 0 amide bonds. The summed E-state index contributed by atoms with van der Waals surface area (Å²) in [5.74, 6) is -0.748. The molecule has 4 fully saturated rings. The Morgan fingerprint density at radius 2 is 1.79 bits per heavy atom. The van der Waals surface area contributed by atoms with Crippen molar-refractivity contribution in [2.45, 2.75) is 62.2 Å². The Kier molecular flexibility index (Phi) is 5.43. The Labute approximate surface area is 169 Å². The highest BCUT2D eigenvalue weighted by Gasteiger charge is 2.54. The standard InChI is InChI=1S/C21H28O8/c1-8-4-5-11-9(2)13(6-12-10(3)20(26)29-19(12)15(8)11)27-21-18(25)17(24)16(23)14(7-22)28-21/h11-19,21-25H,1-7H2/t11?,12-,13?,14+,15?,16+,17-,18+,19?,21+/m0/s1. The zero-order valence-corrected chi connectivity index (χ0v) is 16.1. The van der Waals surface area contributed by atoms with Crippen LogP contribution in [0.1, 0.15) is 19.3 Å². The zero-order chi connectivity index (χ0) is 21.0. The first-order valence-electron chi connectivity index (χ1n) is 9.96. The fourth-order valence-electron chi connectivity index (χ4n) is 5.19. The number of ether oxygens (including phenoxy) is 3. The highest BCUT2D eigenvalue weighted by molar-refractivity contribution is 5.91. The molecule has 160 valence electrons. The maximum absolute atomic E-state index is 12.2. The Morgan fingerprint density at radius 3 is 2.48 bits per heavy atom. The first-order chi connectivity index (χ1) is 13.7. The molecule has 0 radical (unpaired) electrons. The Balaban J connectivity index is 1.60. The molecule has 29 heavy (non-hydrogen) atoms. The average molecular weight is 408 g/mol. The van der Waals surface area contributed by atoms with Crippen LogP contribution in [0.3, 0.4) is 0 Å². The van der Waals surface area contributed by atoms with Crippen molar-refractivity contribution in [1.29, 1.82) is 0 Å². The van der Waals surface area contributed by atoms with Crippen molar-refractivity contribution in [3.8, 4) is 0 Å². The Hall–Kier alpha value is -1.55. The molecule has 2 saturated carbocycles. The van der Waals surface area contributed by atoms with Crippen molar-refractivity contribution >= 4 is 5.97 Å². The first kappa shape index (κ1) is 20.7. The number of fused-ring (bicyclic) bond motifs is 3. The monoisotopic (exact) mass is 408 g/mol. The molecule has 0 aromatic heterocycles. The molecule has 0 spiro atoms. The lowest BCUT2D eigenvalue weighted by atomic mass is 9.82. The van der Waals surface area contributed by atoms with Crippen molar-refractivity contribution in [1.82, 2.24) is 0 Å². The fourth-order valence-corrected chi connectivity index (χ4v) is 5.19. The van der Waals surface area contributed by atoms with E-state index in [1.165, 1.54) is 0 Å². The van der Waals surface area contributed by atoms with Gasteiger partial charge in [-0.3, -0.25) is 0 Å². The normalized spacial score (nSPS) is 47.6. The molecule has 4 rings (SSSR count). The lowest BCUT2D eigenvalue weighted by Gasteiger charge is -2.41. The van der Waals surface area contributed by atoms with Crippen LogP contribution in [0.4, 0.5) is 0 Å². The van der Waals surface area contributed by atoms with E-state index in [1.54, 1.807) is 0 Å². The van der Waals surface area contributed by atoms with E-state index in [-0.39, 0.29) is 23.9 Å². The van der Waals surface area contributed by atoms with Gasteiger partial charge < -0.3 is 34.6 Å². The summed E-state index contributed by atoms with van der Waals surface area (Å²) in [5, 5.41) is 39.8. The lowest BCUT2D eigenvalue weighted by Crippen LogP contribution is -2.59. The summed E-state index contributed by atoms with van der Waals surface area (Å²) in [7, 11) is 0. The van der Waals surface area contributed by atoms with Gasteiger partial charge in [0.05, 0.1) is 12.7 Å². The molecule has 10 atom stereocenters. The minimum Gasteiger partial charge on any atom is -0.458 e. The molecule has 2 saturated heterocycles. The molecule has 2 aliphatic carbocycles. The molecule has 0 bridgehead atoms. The molecule has 0 aromatic carbocycles. The van der Waals surface area contributed by atoms with Crippen LogP contribution in [0, 0.1) is 17.8 Å². The van der Waals surface area contributed by atoms with Gasteiger partial charge in [-0.05, 0) is 30.8 Å². The molecule has 8 nitrogen and oxygen atoms in total. The van der Waals surface area contributed by atoms with Gasteiger partial charge in [-0.25, -0.2) is 4.79 Å². The molecule has 4 unspecified atom stereocenters. The maximum atomic E-state index is 12.2. The minimum absolute atomic E-state index is 0.00564. The Bertz CT molecular complexity index is 730. The van der Waals surface area contributed by atoms with E-state index >= 15 is 0 Å². The zero-order valence-electron chi connectivity index (χ0n) is 16.1. The minimum atomic E-state index is -1.52. The van der Waals surface area contributed by atoms with Crippen molar-refractivity contribution in [3.63, 3.8) is 0 Å². The number of hydrogen-bond acceptors (Lipinski definition) is 8. The summed E-state index contributed by atoms with van der Waals surface area (Å²) in [6, 6.07) is 0. The second-order valence-electron chi connectivity index (χ2n) is 8.46. The highest BCUT2D eigenvalue weighted by atomic mass is 16.7. The van der Waals surface area contributed by atoms with Gasteiger partial charge in [-0.15, -0.1) is 0 Å². The number of hydrogen-bond donors (Lipinski definition) is 4. The van der Waals surface area contributed by atoms with Crippen LogP contribution in [0.15, 0.2) is 36.5 Å². The summed E-state index contributed by atoms with van der Waals surface area (Å²) in [4.78, 5) is 12.2. The number of esters is 1. The molecule has 0 aromatic rings. The van der Waals surface area contributed by atoms with Gasteiger partial charge in [0.2, 0.25) is 0 Å². The summed E-state index contributed by atoms with van der Waals surface area (Å²) in [6.07, 6.45) is -5.79. The second-order valence-corrected chi connectivity index (χ2v) is 8.46. The summed E-state index contributed by atoms with van der Waals surface area (Å²) in [6.45, 7) is 11.7. The van der Waals surface area contributed by atoms with E-state index < -0.39 is 49.4 Å². The van der Waals surface area contributed by atoms with E-state index in [9.17, 15) is 25.2 Å². The molecule has 4 aliphatic rings. The second kappa shape index (κ2) is 7.61. The lowest BCUT2D eigenvalue weighted by molar-refractivity contribution is -0.309. The topological polar surface area (TPSA) is 126 Å². The first-order valence-corrected chi connectivity index (χ1v) is 9.96. The largest absolute Gasteiger partial charge is 0.458 e. The third-order valence-corrected chi connectivity index (χ3v) is 6.89. The van der Waals surface area contributed by atoms with Crippen LogP contribution in [0.2, 0.25) is 0 Å². The number of aliphatic hydroxyl groups excluding tert-OH is 4. The van der Waals surface area contributed by atoms with Crippen LogP contribution >= 0.6 is 0 Å². The number of aliphatic hydroxyl groups is 4. The number of carbonyl (C=O) groups is 1. The molecule has 2 heterocycles. The van der Waals surface area contributed by atoms with E-state index in [0.717, 1.165) is 24.0 Å². The fraction of sp³-hybridized carbons (Fsp3) is 0.667. The molecule has 8 heteroatoms. The van der Waals surface area contributed by atoms with Crippen LogP contribution < -0.4 is 0 Å². The number of rotatable bonds is 3. The van der Waals surface area contributed by atoms with E-state index in [1.807, 2.05) is 0 Å². The van der Waals surface area contributed by atoms with E-state index in [2.05, 4.69) is 19.7 Å². The van der Waals surface area contributed by atoms with Crippen LogP contribution in [0.25, 0.3) is 0 Å². The van der Waals surface area contributed by atoms with Crippen LogP contribution in [0.5, 0.6) is 0 Å². The van der Waals surface area contributed by atoms with Gasteiger partial charge >= 0.3 is 5.97 Å². The number of carbonyl (C=O) groups excluding carboxylic acids is 1. The van der Waals surface area contributed by atoms with Crippen LogP contribution in [-0.2, 0) is 19.0 Å². The van der Waals surface area contributed by atoms with Gasteiger partial charge in [-0.1, -0.05) is 25.3 Å². The molecule has 4 N–H and O–H groups in total. The summed E-state index contributed by atoms with van der Waals surface area (Å²) in [5.41, 5.74) is 2.19. The maximum Gasteiger partial charge on any atom is 0.334 e. The molecular weight excluding hydrogens is 380 g/mol. The predicted octanol–water partition coefficient (Wildman–Crippen LogP) is -0.188. The molecular formula is C21H28O8. The van der Waals surface area contributed by atoms with Crippen molar-refractivity contribution in [2.75, 3.05) is 6.61 Å². The summed E-state index contributed by atoms with van der Waals surface area (Å²) < 4.78 is 17.2. The summed E-state index contributed by atoms with van der Waals surface area (Å²) >= 11 is 0. The third kappa shape index (κ3) is 3.28. The quantitative estimate of drug-likeness (QED) is 0.288.